The maximum atomic E-state index is 6.37. The van der Waals surface area contributed by atoms with Crippen molar-refractivity contribution in [3.05, 3.63) is 78.0 Å². The Morgan fingerprint density at radius 3 is 2.65 bits per heavy atom. The number of nitrogens with two attached hydrogens (primary N) is 1. The van der Waals surface area contributed by atoms with E-state index in [9.17, 15) is 0 Å². The first-order valence-corrected chi connectivity index (χ1v) is 7.98. The molecule has 0 amide bonds. The molecule has 2 nitrogen and oxygen atoms in total. The van der Waals surface area contributed by atoms with E-state index in [2.05, 4.69) is 41.1 Å². The van der Waals surface area contributed by atoms with E-state index in [1.807, 2.05) is 42.6 Å². The molecule has 0 aliphatic rings. The highest BCUT2D eigenvalue weighted by molar-refractivity contribution is 5.81. The van der Waals surface area contributed by atoms with Gasteiger partial charge in [0.1, 0.15) is 0 Å². The van der Waals surface area contributed by atoms with Crippen LogP contribution in [0, 0.1) is 11.8 Å². The highest BCUT2D eigenvalue weighted by Crippen LogP contribution is 2.24. The molecule has 1 unspecified atom stereocenters. The van der Waals surface area contributed by atoms with Gasteiger partial charge in [0.05, 0.1) is 5.52 Å². The Labute approximate surface area is 137 Å². The van der Waals surface area contributed by atoms with E-state index in [1.54, 1.807) is 0 Å². The molecule has 0 saturated carbocycles. The van der Waals surface area contributed by atoms with Gasteiger partial charge in [0.15, 0.2) is 0 Å². The number of aromatic nitrogens is 1. The SMILES string of the molecule is NC(CCCC#Cc1ccccc1)c1cccc2cccnc12. The van der Waals surface area contributed by atoms with Gasteiger partial charge in [-0.25, -0.2) is 0 Å². The monoisotopic (exact) mass is 300 g/mol. The predicted octanol–water partition coefficient (Wildman–Crippen LogP) is 4.46. The van der Waals surface area contributed by atoms with Crippen LogP contribution in [0.25, 0.3) is 10.9 Å². The average Bonchev–Trinajstić information content (AvgIpc) is 2.61. The van der Waals surface area contributed by atoms with Crippen LogP contribution in [-0.2, 0) is 0 Å². The molecule has 3 aromatic rings. The van der Waals surface area contributed by atoms with E-state index < -0.39 is 0 Å². The van der Waals surface area contributed by atoms with Crippen LogP contribution in [0.1, 0.15) is 36.4 Å². The molecule has 0 aliphatic carbocycles. The molecule has 2 heteroatoms. The van der Waals surface area contributed by atoms with Crippen LogP contribution < -0.4 is 5.73 Å². The largest absolute Gasteiger partial charge is 0.324 e. The summed E-state index contributed by atoms with van der Waals surface area (Å²) in [6.45, 7) is 0. The second kappa shape index (κ2) is 7.58. The first kappa shape index (κ1) is 15.3. The van der Waals surface area contributed by atoms with Crippen molar-refractivity contribution in [2.24, 2.45) is 5.73 Å². The Balaban J connectivity index is 1.59. The predicted molar refractivity (Wildman–Crippen MR) is 95.8 cm³/mol. The molecule has 0 aliphatic heterocycles. The van der Waals surface area contributed by atoms with E-state index in [4.69, 9.17) is 5.73 Å². The zero-order chi connectivity index (χ0) is 15.9. The second-order valence-electron chi connectivity index (χ2n) is 5.59. The highest BCUT2D eigenvalue weighted by atomic mass is 14.7. The number of para-hydroxylation sites is 1. The van der Waals surface area contributed by atoms with Crippen molar-refractivity contribution in [3.8, 4) is 11.8 Å². The van der Waals surface area contributed by atoms with Gasteiger partial charge in [-0.1, -0.05) is 54.3 Å². The quantitative estimate of drug-likeness (QED) is 0.571. The van der Waals surface area contributed by atoms with Crippen LogP contribution >= 0.6 is 0 Å². The first-order valence-electron chi connectivity index (χ1n) is 7.98. The smallest absolute Gasteiger partial charge is 0.0749 e. The number of rotatable bonds is 4. The number of hydrogen-bond acceptors (Lipinski definition) is 2. The van der Waals surface area contributed by atoms with E-state index >= 15 is 0 Å². The van der Waals surface area contributed by atoms with Gasteiger partial charge in [-0.2, -0.15) is 0 Å². The van der Waals surface area contributed by atoms with Crippen molar-refractivity contribution < 1.29 is 0 Å². The molecule has 0 spiro atoms. The van der Waals surface area contributed by atoms with Gasteiger partial charge in [-0.15, -0.1) is 0 Å². The van der Waals surface area contributed by atoms with Gasteiger partial charge in [0.25, 0.3) is 0 Å². The van der Waals surface area contributed by atoms with Crippen molar-refractivity contribution >= 4 is 10.9 Å². The fourth-order valence-corrected chi connectivity index (χ4v) is 2.68. The van der Waals surface area contributed by atoms with Crippen molar-refractivity contribution in [2.45, 2.75) is 25.3 Å². The maximum Gasteiger partial charge on any atom is 0.0749 e. The van der Waals surface area contributed by atoms with Crippen LogP contribution in [0.15, 0.2) is 66.9 Å². The van der Waals surface area contributed by atoms with Crippen molar-refractivity contribution in [1.29, 1.82) is 0 Å². The van der Waals surface area contributed by atoms with Gasteiger partial charge >= 0.3 is 0 Å². The Kier molecular flexibility index (Phi) is 5.03. The Bertz CT molecular complexity index is 823. The van der Waals surface area contributed by atoms with Gasteiger partial charge in [-0.3, -0.25) is 4.98 Å². The molecule has 114 valence electrons. The summed E-state index contributed by atoms with van der Waals surface area (Å²) >= 11 is 0. The van der Waals surface area contributed by atoms with E-state index in [0.717, 1.165) is 41.3 Å². The van der Waals surface area contributed by atoms with Crippen molar-refractivity contribution in [1.82, 2.24) is 4.98 Å². The maximum absolute atomic E-state index is 6.37. The second-order valence-corrected chi connectivity index (χ2v) is 5.59. The normalized spacial score (nSPS) is 11.7. The van der Waals surface area contributed by atoms with E-state index in [0.29, 0.717) is 0 Å². The average molecular weight is 300 g/mol. The van der Waals surface area contributed by atoms with E-state index in [-0.39, 0.29) is 6.04 Å². The molecular weight excluding hydrogens is 280 g/mol. The van der Waals surface area contributed by atoms with Gasteiger partial charge in [-0.05, 0) is 36.6 Å². The molecule has 1 heterocycles. The standard InChI is InChI=1S/C21H20N2/c22-20(15-6-2-5-11-17-9-3-1-4-10-17)19-14-7-12-18-13-8-16-23-21(18)19/h1,3-4,7-10,12-14,16,20H,2,6,15,22H2. The molecule has 1 atom stereocenters. The molecule has 3 rings (SSSR count). The Hall–Kier alpha value is -2.63. The van der Waals surface area contributed by atoms with Crippen molar-refractivity contribution in [3.63, 3.8) is 0 Å². The molecular formula is C21H20N2. The summed E-state index contributed by atoms with van der Waals surface area (Å²) in [4.78, 5) is 4.48. The molecule has 1 aromatic heterocycles. The molecule has 2 N–H and O–H groups in total. The first-order chi connectivity index (χ1) is 11.3. The lowest BCUT2D eigenvalue weighted by Crippen LogP contribution is -2.11. The third-order valence-corrected chi connectivity index (χ3v) is 3.89. The van der Waals surface area contributed by atoms with E-state index in [1.165, 1.54) is 0 Å². The Morgan fingerprint density at radius 1 is 0.957 bits per heavy atom. The minimum absolute atomic E-state index is 0.00660. The van der Waals surface area contributed by atoms with Crippen LogP contribution in [0.4, 0.5) is 0 Å². The van der Waals surface area contributed by atoms with Crippen LogP contribution in [0.2, 0.25) is 0 Å². The number of benzene rings is 2. The summed E-state index contributed by atoms with van der Waals surface area (Å²) in [5.41, 5.74) is 9.57. The summed E-state index contributed by atoms with van der Waals surface area (Å²) < 4.78 is 0. The summed E-state index contributed by atoms with van der Waals surface area (Å²) in [7, 11) is 0. The topological polar surface area (TPSA) is 38.9 Å². The number of nitrogens with zero attached hydrogens (tertiary/aromatic N) is 1. The van der Waals surface area contributed by atoms with Crippen LogP contribution in [-0.4, -0.2) is 4.98 Å². The Morgan fingerprint density at radius 2 is 1.78 bits per heavy atom. The lowest BCUT2D eigenvalue weighted by Gasteiger charge is -2.13. The lowest BCUT2D eigenvalue weighted by molar-refractivity contribution is 0.624. The summed E-state index contributed by atoms with van der Waals surface area (Å²) in [6, 6.07) is 20.3. The number of unbranched alkanes of at least 4 members (excludes halogenated alkanes) is 1. The van der Waals surface area contributed by atoms with Gasteiger partial charge in [0, 0.05) is 29.6 Å². The zero-order valence-electron chi connectivity index (χ0n) is 13.1. The highest BCUT2D eigenvalue weighted by Gasteiger charge is 2.09. The van der Waals surface area contributed by atoms with Crippen LogP contribution in [0.3, 0.4) is 0 Å². The van der Waals surface area contributed by atoms with Crippen molar-refractivity contribution in [2.75, 3.05) is 0 Å². The number of hydrogen-bond donors (Lipinski definition) is 1. The number of pyridine rings is 1. The minimum atomic E-state index is 0.00660. The summed E-state index contributed by atoms with van der Waals surface area (Å²) in [5.74, 6) is 6.41. The third-order valence-electron chi connectivity index (χ3n) is 3.89. The fraction of sp³-hybridized carbons (Fsp3) is 0.190. The molecule has 0 radical (unpaired) electrons. The molecule has 0 saturated heterocycles. The minimum Gasteiger partial charge on any atom is -0.324 e. The molecule has 0 fully saturated rings. The summed E-state index contributed by atoms with van der Waals surface area (Å²) in [5, 5.41) is 1.14. The zero-order valence-corrected chi connectivity index (χ0v) is 13.1. The summed E-state index contributed by atoms with van der Waals surface area (Å²) in [6.07, 6.45) is 4.59. The van der Waals surface area contributed by atoms with Crippen LogP contribution in [0.5, 0.6) is 0 Å². The fourth-order valence-electron chi connectivity index (χ4n) is 2.68. The number of fused-ring (bicyclic) bond motifs is 1. The molecule has 2 aromatic carbocycles. The molecule has 0 bridgehead atoms. The van der Waals surface area contributed by atoms with Gasteiger partial charge < -0.3 is 5.73 Å². The lowest BCUT2D eigenvalue weighted by atomic mass is 9.99. The molecule has 23 heavy (non-hydrogen) atoms. The van der Waals surface area contributed by atoms with Gasteiger partial charge in [0.2, 0.25) is 0 Å². The third kappa shape index (κ3) is 3.97.